The van der Waals surface area contributed by atoms with Gasteiger partial charge in [0.2, 0.25) is 0 Å². The number of carbonyl (C=O) groups excluding carboxylic acids is 1. The Morgan fingerprint density at radius 3 is 2.78 bits per heavy atom. The smallest absolute Gasteiger partial charge is 0.314 e. The van der Waals surface area contributed by atoms with Crippen LogP contribution in [-0.2, 0) is 0 Å². The molecule has 0 saturated carbocycles. The maximum atomic E-state index is 11.6. The van der Waals surface area contributed by atoms with Gasteiger partial charge < -0.3 is 20.5 Å². The van der Waals surface area contributed by atoms with Crippen molar-refractivity contribution in [2.24, 2.45) is 0 Å². The Morgan fingerprint density at radius 1 is 1.26 bits per heavy atom. The third kappa shape index (κ3) is 4.36. The molecule has 3 N–H and O–H groups in total. The van der Waals surface area contributed by atoms with Gasteiger partial charge >= 0.3 is 6.03 Å². The average Bonchev–Trinajstić information content (AvgIpc) is 2.58. The summed E-state index contributed by atoms with van der Waals surface area (Å²) in [5.41, 5.74) is 1.10. The van der Waals surface area contributed by atoms with Crippen molar-refractivity contribution in [3.63, 3.8) is 0 Å². The third-order valence-electron chi connectivity index (χ3n) is 3.89. The van der Waals surface area contributed by atoms with Crippen LogP contribution < -0.4 is 15.4 Å². The summed E-state index contributed by atoms with van der Waals surface area (Å²) in [6, 6.07) is 11.9. The van der Waals surface area contributed by atoms with Crippen molar-refractivity contribution in [1.29, 1.82) is 0 Å². The van der Waals surface area contributed by atoms with E-state index in [1.54, 1.807) is 7.11 Å². The topological polar surface area (TPSA) is 70.6 Å². The van der Waals surface area contributed by atoms with E-state index in [4.69, 9.17) is 4.74 Å². The summed E-state index contributed by atoms with van der Waals surface area (Å²) in [5, 5.41) is 17.2. The summed E-state index contributed by atoms with van der Waals surface area (Å²) in [7, 11) is 1.64. The number of hydrogen-bond donors (Lipinski definition) is 3. The first-order chi connectivity index (χ1) is 11.2. The Balaban J connectivity index is 2.30. The van der Waals surface area contributed by atoms with E-state index in [-0.39, 0.29) is 18.6 Å². The number of aliphatic hydroxyl groups excluding tert-OH is 1. The number of aliphatic hydroxyl groups is 1. The second-order valence-corrected chi connectivity index (χ2v) is 5.38. The van der Waals surface area contributed by atoms with Crippen molar-refractivity contribution >= 4 is 16.8 Å². The fraction of sp³-hybridized carbons (Fsp3) is 0.389. The van der Waals surface area contributed by atoms with Gasteiger partial charge in [-0.3, -0.25) is 0 Å². The summed E-state index contributed by atoms with van der Waals surface area (Å²) in [6.45, 7) is 3.01. The van der Waals surface area contributed by atoms with Gasteiger partial charge in [-0.05, 0) is 41.8 Å². The van der Waals surface area contributed by atoms with Crippen LogP contribution >= 0.6 is 0 Å². The number of fused-ring (bicyclic) bond motifs is 1. The molecule has 2 aromatic rings. The molecule has 0 spiro atoms. The Morgan fingerprint density at radius 2 is 2.09 bits per heavy atom. The van der Waals surface area contributed by atoms with Crippen molar-refractivity contribution in [3.05, 3.63) is 42.0 Å². The van der Waals surface area contributed by atoms with Crippen LogP contribution in [0.4, 0.5) is 4.79 Å². The number of amides is 2. The number of ether oxygens (including phenoxy) is 1. The predicted molar refractivity (Wildman–Crippen MR) is 92.0 cm³/mol. The molecule has 2 aromatic carbocycles. The van der Waals surface area contributed by atoms with E-state index in [1.807, 2.05) is 43.3 Å². The number of methoxy groups -OCH3 is 1. The minimum atomic E-state index is -0.187. The van der Waals surface area contributed by atoms with E-state index in [0.717, 1.165) is 22.1 Å². The van der Waals surface area contributed by atoms with Crippen LogP contribution in [0.2, 0.25) is 0 Å². The van der Waals surface area contributed by atoms with E-state index < -0.39 is 0 Å². The molecule has 0 aliphatic rings. The fourth-order valence-electron chi connectivity index (χ4n) is 2.72. The highest BCUT2D eigenvalue weighted by Crippen LogP contribution is 2.30. The number of urea groups is 1. The van der Waals surface area contributed by atoms with Crippen LogP contribution in [0.5, 0.6) is 5.75 Å². The van der Waals surface area contributed by atoms with Gasteiger partial charge in [0.05, 0.1) is 7.11 Å². The molecule has 1 unspecified atom stereocenters. The van der Waals surface area contributed by atoms with Gasteiger partial charge in [-0.2, -0.15) is 0 Å². The first kappa shape index (κ1) is 17.1. The largest absolute Gasteiger partial charge is 0.497 e. The number of hydrogen-bond acceptors (Lipinski definition) is 3. The third-order valence-corrected chi connectivity index (χ3v) is 3.89. The fourth-order valence-corrected chi connectivity index (χ4v) is 2.72. The van der Waals surface area contributed by atoms with Gasteiger partial charge in [-0.1, -0.05) is 24.3 Å². The molecule has 2 rings (SSSR count). The zero-order valence-electron chi connectivity index (χ0n) is 13.6. The lowest BCUT2D eigenvalue weighted by Gasteiger charge is -2.19. The van der Waals surface area contributed by atoms with Crippen LogP contribution in [0, 0.1) is 0 Å². The van der Waals surface area contributed by atoms with Gasteiger partial charge in [0.1, 0.15) is 5.75 Å². The van der Waals surface area contributed by atoms with Gasteiger partial charge in [0.15, 0.2) is 0 Å². The van der Waals surface area contributed by atoms with Gasteiger partial charge in [-0.15, -0.1) is 0 Å². The summed E-state index contributed by atoms with van der Waals surface area (Å²) in [4.78, 5) is 11.6. The van der Waals surface area contributed by atoms with E-state index in [1.165, 1.54) is 0 Å². The molecule has 0 heterocycles. The molecule has 2 amide bonds. The Bertz CT molecular complexity index is 658. The van der Waals surface area contributed by atoms with Crippen LogP contribution in [0.3, 0.4) is 0 Å². The van der Waals surface area contributed by atoms with E-state index in [0.29, 0.717) is 19.5 Å². The lowest BCUT2D eigenvalue weighted by molar-refractivity contribution is 0.238. The molecular weight excluding hydrogens is 292 g/mol. The van der Waals surface area contributed by atoms with E-state index in [2.05, 4.69) is 10.6 Å². The first-order valence-electron chi connectivity index (χ1n) is 7.88. The summed E-state index contributed by atoms with van der Waals surface area (Å²) in [5.74, 6) is 0.836. The Hall–Kier alpha value is -2.27. The molecular formula is C18H24N2O3. The summed E-state index contributed by atoms with van der Waals surface area (Å²) in [6.07, 6.45) is 0.586. The first-order valence-corrected chi connectivity index (χ1v) is 7.88. The molecule has 5 heteroatoms. The van der Waals surface area contributed by atoms with Crippen LogP contribution in [0.15, 0.2) is 36.4 Å². The molecule has 124 valence electrons. The molecule has 0 aromatic heterocycles. The van der Waals surface area contributed by atoms with Crippen LogP contribution in [-0.4, -0.2) is 37.9 Å². The summed E-state index contributed by atoms with van der Waals surface area (Å²) >= 11 is 0. The molecule has 23 heavy (non-hydrogen) atoms. The van der Waals surface area contributed by atoms with E-state index in [9.17, 15) is 9.90 Å². The molecule has 0 aliphatic carbocycles. The molecule has 0 radical (unpaired) electrons. The lowest BCUT2D eigenvalue weighted by atomic mass is 9.91. The van der Waals surface area contributed by atoms with Gasteiger partial charge in [0.25, 0.3) is 0 Å². The van der Waals surface area contributed by atoms with Crippen LogP contribution in [0.1, 0.15) is 24.8 Å². The number of nitrogens with one attached hydrogen (secondary N) is 2. The quantitative estimate of drug-likeness (QED) is 0.735. The Kier molecular flexibility index (Phi) is 6.23. The molecule has 0 saturated heterocycles. The average molecular weight is 316 g/mol. The van der Waals surface area contributed by atoms with Crippen molar-refractivity contribution in [3.8, 4) is 5.75 Å². The molecule has 0 fully saturated rings. The summed E-state index contributed by atoms with van der Waals surface area (Å²) < 4.78 is 5.32. The monoisotopic (exact) mass is 316 g/mol. The zero-order valence-corrected chi connectivity index (χ0v) is 13.6. The maximum absolute atomic E-state index is 11.6. The number of carbonyl (C=O) groups is 1. The van der Waals surface area contributed by atoms with Crippen molar-refractivity contribution in [2.45, 2.75) is 19.3 Å². The highest BCUT2D eigenvalue weighted by molar-refractivity contribution is 5.87. The molecule has 0 aliphatic heterocycles. The SMILES string of the molecule is CCNC(=O)NCC(CCO)c1cccc2ccc(OC)cc12. The minimum Gasteiger partial charge on any atom is -0.497 e. The zero-order chi connectivity index (χ0) is 16.7. The van der Waals surface area contributed by atoms with Crippen LogP contribution in [0.25, 0.3) is 10.8 Å². The normalized spacial score (nSPS) is 12.0. The van der Waals surface area contributed by atoms with Crippen molar-refractivity contribution in [2.75, 3.05) is 26.8 Å². The Labute approximate surface area is 136 Å². The molecule has 0 bridgehead atoms. The highest BCUT2D eigenvalue weighted by Gasteiger charge is 2.15. The van der Waals surface area contributed by atoms with Gasteiger partial charge in [0, 0.05) is 25.6 Å². The second-order valence-electron chi connectivity index (χ2n) is 5.38. The maximum Gasteiger partial charge on any atom is 0.314 e. The lowest BCUT2D eigenvalue weighted by Crippen LogP contribution is -2.37. The van der Waals surface area contributed by atoms with E-state index >= 15 is 0 Å². The minimum absolute atomic E-state index is 0.0402. The molecule has 1 atom stereocenters. The second kappa shape index (κ2) is 8.39. The standard InChI is InChI=1S/C18H24N2O3/c1-3-19-18(22)20-12-14(9-10-21)16-6-4-5-13-7-8-15(23-2)11-17(13)16/h4-8,11,14,21H,3,9-10,12H2,1-2H3,(H2,19,20,22). The highest BCUT2D eigenvalue weighted by atomic mass is 16.5. The number of benzene rings is 2. The number of rotatable bonds is 7. The predicted octanol–water partition coefficient (Wildman–Crippen LogP) is 2.63. The molecule has 5 nitrogen and oxygen atoms in total. The van der Waals surface area contributed by atoms with Crippen molar-refractivity contribution in [1.82, 2.24) is 10.6 Å². The van der Waals surface area contributed by atoms with Gasteiger partial charge in [-0.25, -0.2) is 4.79 Å². The van der Waals surface area contributed by atoms with Crippen molar-refractivity contribution < 1.29 is 14.6 Å².